The van der Waals surface area contributed by atoms with Gasteiger partial charge in [-0.15, -0.1) is 0 Å². The minimum Gasteiger partial charge on any atom is -0.462 e. The molecule has 6 atom stereocenters. The monoisotopic (exact) mass is 894 g/mol. The summed E-state index contributed by atoms with van der Waals surface area (Å²) >= 11 is 0. The first kappa shape index (κ1) is 41.6. The van der Waals surface area contributed by atoms with E-state index in [-0.39, 0.29) is 62.6 Å². The fraction of sp³-hybridized carbons (Fsp3) is 0.955. The number of halogens is 8. The second-order valence-corrected chi connectivity index (χ2v) is 22.2. The third kappa shape index (κ3) is 5.72. The van der Waals surface area contributed by atoms with Crippen molar-refractivity contribution >= 4 is 11.9 Å². The van der Waals surface area contributed by atoms with Crippen molar-refractivity contribution in [3.05, 3.63) is 0 Å². The minimum atomic E-state index is -4.40. The zero-order valence-corrected chi connectivity index (χ0v) is 34.4. The molecule has 0 aromatic heterocycles. The number of carbonyl (C=O) groups is 2. The van der Waals surface area contributed by atoms with E-state index >= 15 is 0 Å². The van der Waals surface area contributed by atoms with Crippen LogP contribution in [0.3, 0.4) is 0 Å². The van der Waals surface area contributed by atoms with Gasteiger partial charge in [0.2, 0.25) is 0 Å². The van der Waals surface area contributed by atoms with Crippen LogP contribution in [0.25, 0.3) is 0 Å². The van der Waals surface area contributed by atoms with E-state index in [1.54, 1.807) is 0 Å². The second kappa shape index (κ2) is 13.2. The van der Waals surface area contributed by atoms with E-state index in [0.29, 0.717) is 50.4 Å². The molecule has 15 fully saturated rings. The van der Waals surface area contributed by atoms with Gasteiger partial charge in [0.05, 0.1) is 10.8 Å². The van der Waals surface area contributed by atoms with E-state index in [0.717, 1.165) is 25.7 Å². The summed E-state index contributed by atoms with van der Waals surface area (Å²) in [6.07, 6.45) is 7.13. The van der Waals surface area contributed by atoms with Gasteiger partial charge in [-0.2, -0.15) is 35.1 Å². The van der Waals surface area contributed by atoms with Gasteiger partial charge in [0.1, 0.15) is 51.8 Å². The zero-order chi connectivity index (χ0) is 43.1. The average Bonchev–Trinajstić information content (AvgIpc) is 3.49. The molecule has 0 aromatic rings. The molecule has 10 nitrogen and oxygen atoms in total. The summed E-state index contributed by atoms with van der Waals surface area (Å²) in [5, 5.41) is 0. The number of hydrogen-bond donors (Lipinski definition) is 0. The lowest BCUT2D eigenvalue weighted by atomic mass is 9.47. The Morgan fingerprint density at radius 3 is 1.03 bits per heavy atom. The van der Waals surface area contributed by atoms with Crippen LogP contribution < -0.4 is 0 Å². The molecule has 3 aliphatic heterocycles. The first-order valence-electron chi connectivity index (χ1n) is 23.0. The van der Waals surface area contributed by atoms with E-state index in [1.807, 2.05) is 0 Å². The molecular formula is C44H54F8O10. The van der Waals surface area contributed by atoms with Gasteiger partial charge in [0.15, 0.2) is 17.4 Å². The first-order valence-corrected chi connectivity index (χ1v) is 23.0. The summed E-state index contributed by atoms with van der Waals surface area (Å²) in [5.41, 5.74) is -1.97. The molecule has 12 bridgehead atoms. The Balaban J connectivity index is 0.753. The van der Waals surface area contributed by atoms with Crippen LogP contribution in [0.1, 0.15) is 96.3 Å². The Morgan fingerprint density at radius 2 is 0.710 bits per heavy atom. The van der Waals surface area contributed by atoms with Gasteiger partial charge in [-0.3, -0.25) is 9.59 Å². The maximum Gasteiger partial charge on any atom is 0.335 e. The number of hydrogen-bond acceptors (Lipinski definition) is 10. The highest BCUT2D eigenvalue weighted by Gasteiger charge is 2.73. The summed E-state index contributed by atoms with van der Waals surface area (Å²) in [6, 6.07) is 0. The molecule has 62 heavy (non-hydrogen) atoms. The predicted octanol–water partition coefficient (Wildman–Crippen LogP) is 7.69. The molecule has 3 heterocycles. The summed E-state index contributed by atoms with van der Waals surface area (Å²) in [7, 11) is 0. The van der Waals surface area contributed by atoms with Gasteiger partial charge in [-0.25, -0.2) is 0 Å². The first-order chi connectivity index (χ1) is 29.2. The van der Waals surface area contributed by atoms with Crippen molar-refractivity contribution in [2.24, 2.45) is 70.0 Å². The Hall–Kier alpha value is -1.86. The fourth-order valence-corrected chi connectivity index (χ4v) is 16.4. The quantitative estimate of drug-likeness (QED) is 0.195. The van der Waals surface area contributed by atoms with Crippen molar-refractivity contribution in [3.63, 3.8) is 0 Å². The van der Waals surface area contributed by atoms with E-state index in [9.17, 15) is 44.7 Å². The van der Waals surface area contributed by atoms with Gasteiger partial charge in [-0.05, 0) is 120 Å². The maximum absolute atomic E-state index is 14.4. The van der Waals surface area contributed by atoms with E-state index < -0.39 is 126 Å². The Kier molecular flexibility index (Phi) is 8.84. The topological polar surface area (TPSA) is 108 Å². The zero-order valence-electron chi connectivity index (χ0n) is 34.4. The van der Waals surface area contributed by atoms with Crippen molar-refractivity contribution < 1.29 is 82.6 Å². The van der Waals surface area contributed by atoms with Crippen molar-refractivity contribution in [2.45, 2.75) is 150 Å². The molecule has 15 aliphatic rings. The van der Waals surface area contributed by atoms with Gasteiger partial charge >= 0.3 is 35.6 Å². The molecule has 0 radical (unpaired) electrons. The Bertz CT molecular complexity index is 1670. The van der Waals surface area contributed by atoms with Gasteiger partial charge < -0.3 is 37.9 Å². The summed E-state index contributed by atoms with van der Waals surface area (Å²) in [5.74, 6) is -23.5. The number of rotatable bonds is 6. The third-order valence-corrected chi connectivity index (χ3v) is 18.6. The fourth-order valence-electron chi connectivity index (χ4n) is 16.4. The smallest absolute Gasteiger partial charge is 0.335 e. The number of carbonyl (C=O) groups excluding carboxylic acids is 2. The molecule has 6 unspecified atom stereocenters. The van der Waals surface area contributed by atoms with Crippen LogP contribution in [0.4, 0.5) is 35.1 Å². The highest BCUT2D eigenvalue weighted by atomic mass is 19.3. The number of esters is 2. The van der Waals surface area contributed by atoms with E-state index in [4.69, 9.17) is 37.9 Å². The minimum absolute atomic E-state index is 0.0405. The molecule has 0 N–H and O–H groups in total. The normalized spacial score (nSPS) is 50.8. The molecule has 3 spiro atoms. The molecule has 12 aliphatic carbocycles. The van der Waals surface area contributed by atoms with Crippen molar-refractivity contribution in [1.29, 1.82) is 0 Å². The van der Waals surface area contributed by atoms with E-state index in [2.05, 4.69) is 0 Å². The molecule has 0 aromatic carbocycles. The highest BCUT2D eigenvalue weighted by Crippen LogP contribution is 2.69. The number of alkyl halides is 8. The van der Waals surface area contributed by atoms with Crippen molar-refractivity contribution in [1.82, 2.24) is 0 Å². The van der Waals surface area contributed by atoms with Crippen LogP contribution in [0.2, 0.25) is 0 Å². The molecule has 15 rings (SSSR count). The van der Waals surface area contributed by atoms with Crippen LogP contribution in [0, 0.1) is 70.0 Å². The highest BCUT2D eigenvalue weighted by molar-refractivity contribution is 5.78. The standard InChI is InChI=1S/C44H54F8O10/c45-38(46)18-57-42(58-19-39(38,47)48)28-6-24-7-29(42)13-36(10-24,12-28)34(53)55-16-32-33(62-44(61-32)26-2-22-1-23(4-26)5-27(44)3-22)17-56-35(54)37-11-25-8-30(14-37)43(31(9-25)15-37)59-20-40(49,50)41(51,52)21-60-43/h22-33H,1-21H2. The lowest BCUT2D eigenvalue weighted by Gasteiger charge is -2.62. The molecule has 346 valence electrons. The van der Waals surface area contributed by atoms with Crippen LogP contribution >= 0.6 is 0 Å². The molecule has 18 heteroatoms. The van der Waals surface area contributed by atoms with Crippen LogP contribution in [0.5, 0.6) is 0 Å². The number of ether oxygens (including phenoxy) is 8. The summed E-state index contributed by atoms with van der Waals surface area (Å²) in [6.45, 7) is -6.28. The molecule has 12 saturated carbocycles. The molecule has 0 amide bonds. The molecule has 3 saturated heterocycles. The molecular weight excluding hydrogens is 840 g/mol. The Labute approximate surface area is 353 Å². The summed E-state index contributed by atoms with van der Waals surface area (Å²) in [4.78, 5) is 28.7. The van der Waals surface area contributed by atoms with Crippen molar-refractivity contribution in [2.75, 3.05) is 39.6 Å². The lowest BCUT2D eigenvalue weighted by Crippen LogP contribution is -2.65. The SMILES string of the molecule is O=C(OCC1OC2(OC1COC(=O)C13CC4CC(C1)C1(OCC(F)(F)C(F)(F)CO1)C(C4)C3)C1CC3CC(C1)CC2C3)C12CC3CC(C1)C1(OCC(F)(F)C(F)(F)CO1)C(C3)C2. The van der Waals surface area contributed by atoms with Crippen LogP contribution in [-0.4, -0.2) is 105 Å². The van der Waals surface area contributed by atoms with Crippen LogP contribution in [-0.2, 0) is 47.5 Å². The second-order valence-electron chi connectivity index (χ2n) is 22.2. The third-order valence-electron chi connectivity index (χ3n) is 18.6. The Morgan fingerprint density at radius 1 is 0.403 bits per heavy atom. The van der Waals surface area contributed by atoms with Crippen molar-refractivity contribution in [3.8, 4) is 0 Å². The lowest BCUT2D eigenvalue weighted by molar-refractivity contribution is -0.346. The van der Waals surface area contributed by atoms with Crippen LogP contribution in [0.15, 0.2) is 0 Å². The average molecular weight is 895 g/mol. The predicted molar refractivity (Wildman–Crippen MR) is 192 cm³/mol. The van der Waals surface area contributed by atoms with Gasteiger partial charge in [0.25, 0.3) is 0 Å². The summed E-state index contributed by atoms with van der Waals surface area (Å²) < 4.78 is 164. The van der Waals surface area contributed by atoms with E-state index in [1.165, 1.54) is 6.42 Å². The van der Waals surface area contributed by atoms with Gasteiger partial charge in [-0.1, -0.05) is 0 Å². The maximum atomic E-state index is 14.4. The van der Waals surface area contributed by atoms with Gasteiger partial charge in [0, 0.05) is 35.5 Å². The largest absolute Gasteiger partial charge is 0.462 e.